The Kier molecular flexibility index (Phi) is 5.37. The van der Waals surface area contributed by atoms with Gasteiger partial charge < -0.3 is 9.47 Å². The van der Waals surface area contributed by atoms with Crippen molar-refractivity contribution in [3.05, 3.63) is 69.1 Å². The van der Waals surface area contributed by atoms with Gasteiger partial charge >= 0.3 is 18.0 Å². The summed E-state index contributed by atoms with van der Waals surface area (Å²) < 4.78 is 94.5. The molecule has 33 heavy (non-hydrogen) atoms. The van der Waals surface area contributed by atoms with E-state index in [4.69, 9.17) is 0 Å². The van der Waals surface area contributed by atoms with Gasteiger partial charge in [-0.05, 0) is 36.5 Å². The number of carbonyl (C=O) groups is 1. The van der Waals surface area contributed by atoms with Crippen LogP contribution in [0.3, 0.4) is 0 Å². The summed E-state index contributed by atoms with van der Waals surface area (Å²) >= 11 is 0. The van der Waals surface area contributed by atoms with Crippen molar-refractivity contribution >= 4 is 5.91 Å². The van der Waals surface area contributed by atoms with Crippen molar-refractivity contribution in [2.45, 2.75) is 49.2 Å². The lowest BCUT2D eigenvalue weighted by Gasteiger charge is -2.35. The van der Waals surface area contributed by atoms with E-state index in [0.717, 1.165) is 6.07 Å². The summed E-state index contributed by atoms with van der Waals surface area (Å²) in [6.07, 6.45) is -10.0. The van der Waals surface area contributed by atoms with Gasteiger partial charge in [0.1, 0.15) is 0 Å². The fraction of sp³-hybridized carbons (Fsp3) is 0.455. The van der Waals surface area contributed by atoms with E-state index in [2.05, 4.69) is 0 Å². The minimum atomic E-state index is -6.16. The van der Waals surface area contributed by atoms with Crippen molar-refractivity contribution in [3.8, 4) is 0 Å². The minimum Gasteiger partial charge on any atom is -0.335 e. The lowest BCUT2D eigenvalue weighted by molar-refractivity contribution is -0.348. The van der Waals surface area contributed by atoms with Crippen LogP contribution < -0.4 is 5.56 Å². The number of alkyl halides is 7. The van der Waals surface area contributed by atoms with E-state index in [1.807, 2.05) is 0 Å². The van der Waals surface area contributed by atoms with E-state index in [1.54, 1.807) is 4.90 Å². The van der Waals surface area contributed by atoms with Crippen molar-refractivity contribution < 1.29 is 35.5 Å². The van der Waals surface area contributed by atoms with Gasteiger partial charge in [-0.3, -0.25) is 9.59 Å². The maximum atomic E-state index is 14.5. The Bertz CT molecular complexity index is 1140. The van der Waals surface area contributed by atoms with Crippen LogP contribution in [0.1, 0.15) is 45.8 Å². The predicted molar refractivity (Wildman–Crippen MR) is 104 cm³/mol. The molecule has 4 rings (SSSR count). The Hall–Kier alpha value is -2.85. The van der Waals surface area contributed by atoms with Crippen molar-refractivity contribution in [2.75, 3.05) is 6.54 Å². The highest BCUT2D eigenvalue weighted by Gasteiger charge is 2.73. The largest absolute Gasteiger partial charge is 0.435 e. The molecule has 2 aromatic rings. The topological polar surface area (TPSA) is 42.3 Å². The zero-order valence-electron chi connectivity index (χ0n) is 17.3. The van der Waals surface area contributed by atoms with Crippen molar-refractivity contribution in [1.29, 1.82) is 0 Å². The summed E-state index contributed by atoms with van der Waals surface area (Å²) in [4.78, 5) is 26.2. The third kappa shape index (κ3) is 3.61. The summed E-state index contributed by atoms with van der Waals surface area (Å²) in [5, 5.41) is 0. The number of rotatable bonds is 2. The van der Waals surface area contributed by atoms with Crippen LogP contribution >= 0.6 is 0 Å². The van der Waals surface area contributed by atoms with Gasteiger partial charge in [-0.1, -0.05) is 18.2 Å². The Morgan fingerprint density at radius 2 is 1.64 bits per heavy atom. The number of nitrogens with zero attached hydrogens (tertiary/aromatic N) is 2. The second kappa shape index (κ2) is 7.59. The van der Waals surface area contributed by atoms with E-state index >= 15 is 0 Å². The summed E-state index contributed by atoms with van der Waals surface area (Å²) in [6, 6.07) is 4.70. The van der Waals surface area contributed by atoms with E-state index in [-0.39, 0.29) is 35.4 Å². The van der Waals surface area contributed by atoms with Crippen LogP contribution in [0, 0.1) is 0 Å². The first kappa shape index (κ1) is 23.3. The molecule has 1 saturated heterocycles. The Labute approximate surface area is 183 Å². The molecule has 4 nitrogen and oxygen atoms in total. The van der Waals surface area contributed by atoms with E-state index in [1.165, 1.54) is 29.9 Å². The van der Waals surface area contributed by atoms with Crippen LogP contribution in [0.2, 0.25) is 0 Å². The van der Waals surface area contributed by atoms with Gasteiger partial charge in [0, 0.05) is 43.4 Å². The SMILES string of the molecule is Cn1cc(C(=O)N2CCC3c4ccc(C(F)(C(F)(F)F)C(F)(F)F)cc4CC[C@H]32)ccc1=O. The van der Waals surface area contributed by atoms with E-state index in [0.29, 0.717) is 42.6 Å². The molecule has 2 atom stereocenters. The number of aromatic nitrogens is 1. The monoisotopic (exact) mass is 476 g/mol. The summed E-state index contributed by atoms with van der Waals surface area (Å²) in [6.45, 7) is 0.344. The maximum Gasteiger partial charge on any atom is 0.435 e. The molecule has 1 unspecified atom stereocenters. The zero-order chi connectivity index (χ0) is 24.3. The van der Waals surface area contributed by atoms with Crippen molar-refractivity contribution in [2.24, 2.45) is 7.05 Å². The van der Waals surface area contributed by atoms with Crippen molar-refractivity contribution in [1.82, 2.24) is 9.47 Å². The molecule has 1 amide bonds. The average molecular weight is 476 g/mol. The van der Waals surface area contributed by atoms with E-state index < -0.39 is 23.6 Å². The molecule has 178 valence electrons. The first-order valence-electron chi connectivity index (χ1n) is 10.2. The zero-order valence-corrected chi connectivity index (χ0v) is 17.3. The lowest BCUT2D eigenvalue weighted by atomic mass is 9.77. The molecule has 1 fully saturated rings. The Morgan fingerprint density at radius 1 is 0.970 bits per heavy atom. The van der Waals surface area contributed by atoms with E-state index in [9.17, 15) is 40.3 Å². The van der Waals surface area contributed by atoms with Gasteiger partial charge in [-0.15, -0.1) is 0 Å². The molecule has 0 spiro atoms. The first-order chi connectivity index (χ1) is 15.3. The fourth-order valence-corrected chi connectivity index (χ4v) is 4.90. The molecular weight excluding hydrogens is 457 g/mol. The fourth-order valence-electron chi connectivity index (χ4n) is 4.90. The highest BCUT2D eigenvalue weighted by atomic mass is 19.4. The van der Waals surface area contributed by atoms with Gasteiger partial charge in [0.15, 0.2) is 0 Å². The van der Waals surface area contributed by atoms with Crippen LogP contribution in [-0.2, 0) is 19.1 Å². The summed E-state index contributed by atoms with van der Waals surface area (Å²) in [5.74, 6) is -0.597. The first-order valence-corrected chi connectivity index (χ1v) is 10.2. The number of amides is 1. The second-order valence-electron chi connectivity index (χ2n) is 8.43. The Morgan fingerprint density at radius 3 is 2.24 bits per heavy atom. The number of hydrogen-bond donors (Lipinski definition) is 0. The summed E-state index contributed by atoms with van der Waals surface area (Å²) in [7, 11) is 1.51. The molecular formula is C22H19F7N2O2. The molecule has 1 aromatic heterocycles. The number of halogens is 7. The van der Waals surface area contributed by atoms with Gasteiger partial charge in [-0.2, -0.15) is 26.3 Å². The molecule has 2 heterocycles. The van der Waals surface area contributed by atoms with Crippen LogP contribution in [0.25, 0.3) is 0 Å². The third-order valence-electron chi connectivity index (χ3n) is 6.57. The predicted octanol–water partition coefficient (Wildman–Crippen LogP) is 4.62. The lowest BCUT2D eigenvalue weighted by Crippen LogP contribution is -2.50. The standard InChI is InChI=1S/C22H19F7N2O2/c1-30-11-13(3-7-18(30)32)19(33)31-9-8-16-15-5-4-14(10-12(15)2-6-17(16)31)20(23,21(24,25)26)22(27,28)29/h3-5,7,10-11,16-17H,2,6,8-9H2,1H3/t16?,17-/m1/s1. The molecule has 1 aliphatic carbocycles. The number of aryl methyl sites for hydroxylation is 2. The second-order valence-corrected chi connectivity index (χ2v) is 8.43. The van der Waals surface area contributed by atoms with Crippen molar-refractivity contribution in [3.63, 3.8) is 0 Å². The maximum absolute atomic E-state index is 14.5. The van der Waals surface area contributed by atoms with Crippen LogP contribution in [0.15, 0.2) is 41.3 Å². The third-order valence-corrected chi connectivity index (χ3v) is 6.57. The molecule has 0 N–H and O–H groups in total. The molecule has 0 bridgehead atoms. The number of fused-ring (bicyclic) bond motifs is 3. The Balaban J connectivity index is 1.65. The van der Waals surface area contributed by atoms with Crippen LogP contribution in [0.4, 0.5) is 30.7 Å². The number of hydrogen-bond acceptors (Lipinski definition) is 2. The van der Waals surface area contributed by atoms with Gasteiger partial charge in [0.05, 0.1) is 5.56 Å². The van der Waals surface area contributed by atoms with Crippen LogP contribution in [-0.4, -0.2) is 40.3 Å². The van der Waals surface area contributed by atoms with Gasteiger partial charge in [0.2, 0.25) is 5.56 Å². The average Bonchev–Trinajstić information content (AvgIpc) is 3.17. The van der Waals surface area contributed by atoms with Crippen LogP contribution in [0.5, 0.6) is 0 Å². The minimum absolute atomic E-state index is 0.104. The number of pyridine rings is 1. The molecule has 11 heteroatoms. The quantitative estimate of drug-likeness (QED) is 0.594. The smallest absolute Gasteiger partial charge is 0.335 e. The number of likely N-dealkylation sites (tertiary alicyclic amines) is 1. The molecule has 1 aliphatic heterocycles. The van der Waals surface area contributed by atoms with Gasteiger partial charge in [0.25, 0.3) is 5.91 Å². The molecule has 1 aromatic carbocycles. The summed E-state index contributed by atoms with van der Waals surface area (Å²) in [5.41, 5.74) is -6.19. The number of benzene rings is 1. The number of carbonyl (C=O) groups excluding carboxylic acids is 1. The highest BCUT2D eigenvalue weighted by molar-refractivity contribution is 5.94. The highest BCUT2D eigenvalue weighted by Crippen LogP contribution is 2.54. The molecule has 0 saturated carbocycles. The molecule has 2 aliphatic rings. The van der Waals surface area contributed by atoms with Gasteiger partial charge in [-0.25, -0.2) is 4.39 Å². The molecule has 0 radical (unpaired) electrons. The normalized spacial score (nSPS) is 21.0.